The van der Waals surface area contributed by atoms with Crippen molar-refractivity contribution in [2.75, 3.05) is 12.4 Å². The third-order valence-corrected chi connectivity index (χ3v) is 4.24. The second-order valence-electron chi connectivity index (χ2n) is 6.02. The Morgan fingerprint density at radius 1 is 1.13 bits per heavy atom. The number of nitrogens with one attached hydrogen (secondary N) is 1. The fourth-order valence-electron chi connectivity index (χ4n) is 2.48. The van der Waals surface area contributed by atoms with Crippen LogP contribution in [0.25, 0.3) is 0 Å². The number of ether oxygens (including phenoxy) is 2. The van der Waals surface area contributed by atoms with Crippen molar-refractivity contribution in [1.29, 1.82) is 0 Å². The van der Waals surface area contributed by atoms with Crippen LogP contribution in [0.4, 0.5) is 17.1 Å². The summed E-state index contributed by atoms with van der Waals surface area (Å²) in [4.78, 5) is 33.0. The van der Waals surface area contributed by atoms with Crippen molar-refractivity contribution in [2.24, 2.45) is 0 Å². The van der Waals surface area contributed by atoms with E-state index in [1.54, 1.807) is 0 Å². The lowest BCUT2D eigenvalue weighted by molar-refractivity contribution is -0.385. The van der Waals surface area contributed by atoms with Crippen LogP contribution in [0.5, 0.6) is 11.5 Å². The highest BCUT2D eigenvalue weighted by molar-refractivity contribution is 6.32. The van der Waals surface area contributed by atoms with E-state index in [2.05, 4.69) is 10.4 Å². The van der Waals surface area contributed by atoms with Gasteiger partial charge in [-0.3, -0.25) is 25.0 Å². The van der Waals surface area contributed by atoms with Crippen LogP contribution in [-0.2, 0) is 6.73 Å². The number of nitro benzene ring substituents is 2. The minimum absolute atomic E-state index is 0.0314. The van der Waals surface area contributed by atoms with Gasteiger partial charge in [-0.1, -0.05) is 11.6 Å². The van der Waals surface area contributed by atoms with Crippen molar-refractivity contribution in [3.63, 3.8) is 0 Å². The zero-order valence-electron chi connectivity index (χ0n) is 15.9. The van der Waals surface area contributed by atoms with Crippen LogP contribution in [-0.4, -0.2) is 32.6 Å². The van der Waals surface area contributed by atoms with E-state index in [0.29, 0.717) is 0 Å². The molecular weight excluding hydrogens is 434 g/mol. The third kappa shape index (κ3) is 5.25. The molecule has 1 amide bonds. The number of aromatic nitrogens is 2. The number of benzene rings is 2. The number of non-ortho nitro benzene ring substituents is 2. The predicted octanol–water partition coefficient (Wildman–Crippen LogP) is 3.65. The van der Waals surface area contributed by atoms with Crippen molar-refractivity contribution in [1.82, 2.24) is 9.78 Å². The molecule has 0 aliphatic heterocycles. The zero-order valence-corrected chi connectivity index (χ0v) is 16.6. The van der Waals surface area contributed by atoms with Gasteiger partial charge in [0, 0.05) is 30.5 Å². The molecule has 1 heterocycles. The number of methoxy groups -OCH3 is 1. The minimum Gasteiger partial charge on any atom is -0.496 e. The van der Waals surface area contributed by atoms with E-state index in [4.69, 9.17) is 21.1 Å². The topological polar surface area (TPSA) is 152 Å². The molecular formula is C18H14ClN5O7. The Morgan fingerprint density at radius 2 is 1.87 bits per heavy atom. The molecule has 0 saturated heterocycles. The number of carbonyl (C=O) groups is 1. The summed E-state index contributed by atoms with van der Waals surface area (Å²) < 4.78 is 11.8. The number of hydrogen-bond donors (Lipinski definition) is 1. The molecule has 0 atom stereocenters. The second kappa shape index (κ2) is 9.09. The SMILES string of the molecule is COc1cc(NC(=O)c2ccn(COc3ccc([N+](=O)[O-])cc3Cl)n2)cc([N+](=O)[O-])c1. The Morgan fingerprint density at radius 3 is 2.52 bits per heavy atom. The van der Waals surface area contributed by atoms with E-state index in [1.165, 1.54) is 54.4 Å². The highest BCUT2D eigenvalue weighted by Crippen LogP contribution is 2.29. The fourth-order valence-corrected chi connectivity index (χ4v) is 2.71. The summed E-state index contributed by atoms with van der Waals surface area (Å²) >= 11 is 5.96. The van der Waals surface area contributed by atoms with Crippen molar-refractivity contribution in [2.45, 2.75) is 6.73 Å². The summed E-state index contributed by atoms with van der Waals surface area (Å²) in [6.45, 7) is -0.116. The van der Waals surface area contributed by atoms with Crippen LogP contribution in [0.1, 0.15) is 10.5 Å². The summed E-state index contributed by atoms with van der Waals surface area (Å²) in [6, 6.07) is 9.03. The predicted molar refractivity (Wildman–Crippen MR) is 109 cm³/mol. The Bertz CT molecular complexity index is 1160. The third-order valence-electron chi connectivity index (χ3n) is 3.95. The number of anilines is 1. The molecule has 3 aromatic rings. The van der Waals surface area contributed by atoms with E-state index in [0.717, 1.165) is 6.07 Å². The maximum atomic E-state index is 12.4. The molecule has 0 fully saturated rings. The Hall–Kier alpha value is -4.19. The monoisotopic (exact) mass is 447 g/mol. The molecule has 2 aromatic carbocycles. The van der Waals surface area contributed by atoms with Crippen molar-refractivity contribution >= 4 is 34.6 Å². The lowest BCUT2D eigenvalue weighted by atomic mass is 10.2. The number of nitrogens with zero attached hydrogens (tertiary/aromatic N) is 4. The van der Waals surface area contributed by atoms with Gasteiger partial charge >= 0.3 is 0 Å². The molecule has 31 heavy (non-hydrogen) atoms. The smallest absolute Gasteiger partial charge is 0.276 e. The molecule has 12 nitrogen and oxygen atoms in total. The maximum absolute atomic E-state index is 12.4. The van der Waals surface area contributed by atoms with Gasteiger partial charge in [0.05, 0.1) is 33.7 Å². The molecule has 0 unspecified atom stereocenters. The normalized spacial score (nSPS) is 10.4. The van der Waals surface area contributed by atoms with Crippen LogP contribution in [0.15, 0.2) is 48.7 Å². The molecule has 1 aromatic heterocycles. The average molecular weight is 448 g/mol. The quantitative estimate of drug-likeness (QED) is 0.405. The summed E-state index contributed by atoms with van der Waals surface area (Å²) in [5.41, 5.74) is -0.217. The number of hydrogen-bond acceptors (Lipinski definition) is 8. The van der Waals surface area contributed by atoms with Crippen LogP contribution >= 0.6 is 11.6 Å². The molecule has 0 bridgehead atoms. The first-order chi connectivity index (χ1) is 14.8. The van der Waals surface area contributed by atoms with Gasteiger partial charge in [-0.05, 0) is 12.1 Å². The molecule has 0 saturated carbocycles. The molecule has 3 rings (SSSR count). The van der Waals surface area contributed by atoms with Gasteiger partial charge in [0.25, 0.3) is 17.3 Å². The highest BCUT2D eigenvalue weighted by atomic mass is 35.5. The van der Waals surface area contributed by atoms with E-state index < -0.39 is 15.8 Å². The Balaban J connectivity index is 1.67. The van der Waals surface area contributed by atoms with Crippen LogP contribution < -0.4 is 14.8 Å². The van der Waals surface area contributed by atoms with Crippen molar-refractivity contribution in [3.8, 4) is 11.5 Å². The molecule has 1 N–H and O–H groups in total. The van der Waals surface area contributed by atoms with Gasteiger partial charge in [0.2, 0.25) is 0 Å². The van der Waals surface area contributed by atoms with Crippen molar-refractivity contribution in [3.05, 3.63) is 79.6 Å². The Labute approximate surface area is 179 Å². The number of amides is 1. The maximum Gasteiger partial charge on any atom is 0.276 e. The highest BCUT2D eigenvalue weighted by Gasteiger charge is 2.15. The van der Waals surface area contributed by atoms with Gasteiger partial charge < -0.3 is 14.8 Å². The lowest BCUT2D eigenvalue weighted by Gasteiger charge is -2.08. The van der Waals surface area contributed by atoms with Gasteiger partial charge in [-0.2, -0.15) is 5.10 Å². The first-order valence-electron chi connectivity index (χ1n) is 8.52. The second-order valence-corrected chi connectivity index (χ2v) is 6.42. The van der Waals surface area contributed by atoms with Crippen LogP contribution in [0, 0.1) is 20.2 Å². The molecule has 160 valence electrons. The van der Waals surface area contributed by atoms with Crippen LogP contribution in [0.3, 0.4) is 0 Å². The number of halogens is 1. The first kappa shape index (κ1) is 21.5. The molecule has 0 aliphatic carbocycles. The van der Waals surface area contributed by atoms with Crippen molar-refractivity contribution < 1.29 is 24.1 Å². The average Bonchev–Trinajstić information content (AvgIpc) is 3.21. The molecule has 0 aliphatic rings. The van der Waals surface area contributed by atoms with Gasteiger partial charge in [-0.15, -0.1) is 0 Å². The van der Waals surface area contributed by atoms with Gasteiger partial charge in [0.1, 0.15) is 11.5 Å². The number of nitro groups is 2. The Kier molecular flexibility index (Phi) is 6.31. The van der Waals surface area contributed by atoms with E-state index >= 15 is 0 Å². The zero-order chi connectivity index (χ0) is 22.5. The van der Waals surface area contributed by atoms with E-state index in [1.807, 2.05) is 0 Å². The number of carbonyl (C=O) groups excluding carboxylic acids is 1. The summed E-state index contributed by atoms with van der Waals surface area (Å²) in [6.07, 6.45) is 1.47. The van der Waals surface area contributed by atoms with Crippen LogP contribution in [0.2, 0.25) is 5.02 Å². The molecule has 0 spiro atoms. The van der Waals surface area contributed by atoms with Gasteiger partial charge in [-0.25, -0.2) is 4.68 Å². The van der Waals surface area contributed by atoms with E-state index in [9.17, 15) is 25.0 Å². The standard InChI is InChI=1S/C18H14ClN5O7/c1-30-14-7-11(6-13(8-14)24(28)29)20-18(25)16-4-5-22(21-16)10-31-17-3-2-12(23(26)27)9-15(17)19/h2-9H,10H2,1H3,(H,20,25). The largest absolute Gasteiger partial charge is 0.496 e. The lowest BCUT2D eigenvalue weighted by Crippen LogP contribution is -2.14. The number of rotatable bonds is 8. The summed E-state index contributed by atoms with van der Waals surface area (Å²) in [7, 11) is 1.35. The minimum atomic E-state index is -0.604. The van der Waals surface area contributed by atoms with E-state index in [-0.39, 0.29) is 46.0 Å². The molecule has 13 heteroatoms. The van der Waals surface area contributed by atoms with Gasteiger partial charge in [0.15, 0.2) is 12.4 Å². The summed E-state index contributed by atoms with van der Waals surface area (Å²) in [5.74, 6) is -0.185. The molecule has 0 radical (unpaired) electrons. The fraction of sp³-hybridized carbons (Fsp3) is 0.111. The first-order valence-corrected chi connectivity index (χ1v) is 8.89. The summed E-state index contributed by atoms with van der Waals surface area (Å²) in [5, 5.41) is 28.4.